The third-order valence-corrected chi connectivity index (χ3v) is 4.40. The summed E-state index contributed by atoms with van der Waals surface area (Å²) in [6.07, 6.45) is 9.75. The van der Waals surface area contributed by atoms with Gasteiger partial charge in [-0.2, -0.15) is 0 Å². The third-order valence-electron chi connectivity index (χ3n) is 4.40. The summed E-state index contributed by atoms with van der Waals surface area (Å²) in [5.74, 6) is 1.89. The highest BCUT2D eigenvalue weighted by molar-refractivity contribution is 4.79. The lowest BCUT2D eigenvalue weighted by atomic mass is 9.84. The molecule has 0 spiro atoms. The van der Waals surface area contributed by atoms with Crippen LogP contribution in [0, 0.1) is 11.8 Å². The zero-order valence-corrected chi connectivity index (χ0v) is 11.8. The van der Waals surface area contributed by atoms with Crippen molar-refractivity contribution in [2.75, 3.05) is 0 Å². The van der Waals surface area contributed by atoms with E-state index in [1.807, 2.05) is 0 Å². The summed E-state index contributed by atoms with van der Waals surface area (Å²) in [6, 6.07) is 1.51. The van der Waals surface area contributed by atoms with E-state index in [0.717, 1.165) is 17.9 Å². The smallest absolute Gasteiger partial charge is 0.00697 e. The SMILES string of the molecule is CCC(C)CC(C)NC1CCC(CC)CC1. The zero-order valence-electron chi connectivity index (χ0n) is 11.8. The lowest BCUT2D eigenvalue weighted by Gasteiger charge is -2.31. The van der Waals surface area contributed by atoms with Crippen molar-refractivity contribution < 1.29 is 0 Å². The van der Waals surface area contributed by atoms with Gasteiger partial charge in [-0.15, -0.1) is 0 Å². The van der Waals surface area contributed by atoms with Crippen LogP contribution >= 0.6 is 0 Å². The summed E-state index contributed by atoms with van der Waals surface area (Å²) in [5, 5.41) is 3.83. The summed E-state index contributed by atoms with van der Waals surface area (Å²) in [6.45, 7) is 9.36. The predicted octanol–water partition coefficient (Wildman–Crippen LogP) is 4.37. The molecule has 1 saturated carbocycles. The second kappa shape index (κ2) is 7.32. The van der Waals surface area contributed by atoms with E-state index in [1.54, 1.807) is 0 Å². The van der Waals surface area contributed by atoms with Crippen LogP contribution in [0.3, 0.4) is 0 Å². The Hall–Kier alpha value is -0.0400. The molecule has 0 aromatic heterocycles. The second-order valence-electron chi connectivity index (χ2n) is 5.94. The Balaban J connectivity index is 2.17. The first-order valence-corrected chi connectivity index (χ1v) is 7.41. The van der Waals surface area contributed by atoms with Crippen LogP contribution in [0.15, 0.2) is 0 Å². The Labute approximate surface area is 102 Å². The molecular formula is C15H31N. The van der Waals surface area contributed by atoms with Crippen LogP contribution < -0.4 is 5.32 Å². The van der Waals surface area contributed by atoms with Gasteiger partial charge in [0, 0.05) is 12.1 Å². The third kappa shape index (κ3) is 4.86. The van der Waals surface area contributed by atoms with Gasteiger partial charge >= 0.3 is 0 Å². The molecule has 0 amide bonds. The molecule has 1 rings (SSSR count). The van der Waals surface area contributed by atoms with Crippen LogP contribution in [0.1, 0.15) is 72.6 Å². The Morgan fingerprint density at radius 1 is 1.06 bits per heavy atom. The molecule has 1 fully saturated rings. The maximum atomic E-state index is 3.83. The topological polar surface area (TPSA) is 12.0 Å². The monoisotopic (exact) mass is 225 g/mol. The van der Waals surface area contributed by atoms with E-state index >= 15 is 0 Å². The van der Waals surface area contributed by atoms with E-state index in [0.29, 0.717) is 6.04 Å². The molecule has 0 radical (unpaired) electrons. The molecule has 1 heteroatoms. The van der Waals surface area contributed by atoms with Gasteiger partial charge in [0.25, 0.3) is 0 Å². The lowest BCUT2D eigenvalue weighted by Crippen LogP contribution is -2.39. The molecule has 1 aliphatic carbocycles. The van der Waals surface area contributed by atoms with Crippen molar-refractivity contribution in [2.45, 2.75) is 84.7 Å². The standard InChI is InChI=1S/C15H31N/c1-5-12(3)11-13(4)16-15-9-7-14(6-2)8-10-15/h12-16H,5-11H2,1-4H3. The van der Waals surface area contributed by atoms with E-state index in [4.69, 9.17) is 0 Å². The van der Waals surface area contributed by atoms with Crippen LogP contribution in [0.2, 0.25) is 0 Å². The van der Waals surface area contributed by atoms with Gasteiger partial charge in [0.05, 0.1) is 0 Å². The van der Waals surface area contributed by atoms with Crippen LogP contribution in [-0.4, -0.2) is 12.1 Å². The van der Waals surface area contributed by atoms with E-state index in [-0.39, 0.29) is 0 Å². The van der Waals surface area contributed by atoms with Crippen LogP contribution in [-0.2, 0) is 0 Å². The molecule has 0 aliphatic heterocycles. The molecule has 0 heterocycles. The fourth-order valence-corrected chi connectivity index (χ4v) is 2.98. The molecule has 1 N–H and O–H groups in total. The maximum absolute atomic E-state index is 3.83. The van der Waals surface area contributed by atoms with Crippen LogP contribution in [0.25, 0.3) is 0 Å². The summed E-state index contributed by atoms with van der Waals surface area (Å²) in [7, 11) is 0. The molecule has 1 nitrogen and oxygen atoms in total. The lowest BCUT2D eigenvalue weighted by molar-refractivity contribution is 0.261. The number of hydrogen-bond donors (Lipinski definition) is 1. The highest BCUT2D eigenvalue weighted by atomic mass is 14.9. The molecule has 96 valence electrons. The second-order valence-corrected chi connectivity index (χ2v) is 5.94. The minimum atomic E-state index is 0.707. The molecule has 2 atom stereocenters. The van der Waals surface area contributed by atoms with Gasteiger partial charge in [-0.25, -0.2) is 0 Å². The quantitative estimate of drug-likeness (QED) is 0.708. The van der Waals surface area contributed by atoms with Crippen molar-refractivity contribution in [3.63, 3.8) is 0 Å². The first-order valence-electron chi connectivity index (χ1n) is 7.41. The zero-order chi connectivity index (χ0) is 12.0. The van der Waals surface area contributed by atoms with Gasteiger partial charge in [0.15, 0.2) is 0 Å². The van der Waals surface area contributed by atoms with E-state index in [2.05, 4.69) is 33.0 Å². The first-order chi connectivity index (χ1) is 7.65. The molecular weight excluding hydrogens is 194 g/mol. The average Bonchev–Trinajstić information content (AvgIpc) is 2.29. The Morgan fingerprint density at radius 2 is 1.69 bits per heavy atom. The normalized spacial score (nSPS) is 30.0. The minimum absolute atomic E-state index is 0.707. The van der Waals surface area contributed by atoms with E-state index in [1.165, 1.54) is 44.9 Å². The summed E-state index contributed by atoms with van der Waals surface area (Å²) < 4.78 is 0. The number of hydrogen-bond acceptors (Lipinski definition) is 1. The molecule has 1 aliphatic rings. The largest absolute Gasteiger partial charge is 0.311 e. The number of nitrogens with one attached hydrogen (secondary N) is 1. The van der Waals surface area contributed by atoms with Crippen molar-refractivity contribution in [3.8, 4) is 0 Å². The summed E-state index contributed by atoms with van der Waals surface area (Å²) in [4.78, 5) is 0. The van der Waals surface area contributed by atoms with Crippen LogP contribution in [0.4, 0.5) is 0 Å². The van der Waals surface area contributed by atoms with Crippen molar-refractivity contribution in [1.29, 1.82) is 0 Å². The molecule has 0 saturated heterocycles. The predicted molar refractivity (Wildman–Crippen MR) is 72.7 cm³/mol. The van der Waals surface area contributed by atoms with Crippen molar-refractivity contribution in [2.24, 2.45) is 11.8 Å². The molecule has 0 bridgehead atoms. The number of rotatable bonds is 6. The fourth-order valence-electron chi connectivity index (χ4n) is 2.98. The van der Waals surface area contributed by atoms with Crippen molar-refractivity contribution in [1.82, 2.24) is 5.32 Å². The van der Waals surface area contributed by atoms with Gasteiger partial charge in [-0.3, -0.25) is 0 Å². The molecule has 0 aromatic carbocycles. The Bertz CT molecular complexity index is 170. The summed E-state index contributed by atoms with van der Waals surface area (Å²) >= 11 is 0. The van der Waals surface area contributed by atoms with Crippen molar-refractivity contribution in [3.05, 3.63) is 0 Å². The molecule has 16 heavy (non-hydrogen) atoms. The van der Waals surface area contributed by atoms with Gasteiger partial charge in [0.1, 0.15) is 0 Å². The average molecular weight is 225 g/mol. The highest BCUT2D eigenvalue weighted by Gasteiger charge is 2.21. The summed E-state index contributed by atoms with van der Waals surface area (Å²) in [5.41, 5.74) is 0. The van der Waals surface area contributed by atoms with Crippen molar-refractivity contribution >= 4 is 0 Å². The first kappa shape index (κ1) is 14.0. The van der Waals surface area contributed by atoms with E-state index in [9.17, 15) is 0 Å². The molecule has 2 unspecified atom stereocenters. The van der Waals surface area contributed by atoms with Gasteiger partial charge < -0.3 is 5.32 Å². The van der Waals surface area contributed by atoms with Gasteiger partial charge in [0.2, 0.25) is 0 Å². The van der Waals surface area contributed by atoms with Gasteiger partial charge in [-0.05, 0) is 50.9 Å². The highest BCUT2D eigenvalue weighted by Crippen LogP contribution is 2.27. The Kier molecular flexibility index (Phi) is 6.41. The minimum Gasteiger partial charge on any atom is -0.311 e. The fraction of sp³-hybridized carbons (Fsp3) is 1.00. The van der Waals surface area contributed by atoms with Crippen LogP contribution in [0.5, 0.6) is 0 Å². The maximum Gasteiger partial charge on any atom is 0.00697 e. The van der Waals surface area contributed by atoms with Gasteiger partial charge in [-0.1, -0.05) is 33.6 Å². The van der Waals surface area contributed by atoms with E-state index < -0.39 is 0 Å². The molecule has 0 aromatic rings. The Morgan fingerprint density at radius 3 is 2.19 bits per heavy atom.